The molecule has 3 N–H and O–H groups in total. The minimum Gasteiger partial charge on any atom is -0.379 e. The van der Waals surface area contributed by atoms with Gasteiger partial charge in [0.25, 0.3) is 0 Å². The maximum atomic E-state index is 12.5. The predicted molar refractivity (Wildman–Crippen MR) is 169 cm³/mol. The zero-order valence-corrected chi connectivity index (χ0v) is 24.1. The molecule has 3 aromatic carbocycles. The Labute approximate surface area is 254 Å². The van der Waals surface area contributed by atoms with Gasteiger partial charge in [0, 0.05) is 48.5 Å². The van der Waals surface area contributed by atoms with Crippen LogP contribution in [0.3, 0.4) is 0 Å². The average molecular weight is 592 g/mol. The number of hydrogen-bond acceptors (Lipinski definition) is 9. The van der Waals surface area contributed by atoms with E-state index in [-0.39, 0.29) is 5.91 Å². The summed E-state index contributed by atoms with van der Waals surface area (Å²) in [6.45, 7) is 5.37. The van der Waals surface area contributed by atoms with Crippen molar-refractivity contribution < 1.29 is 14.3 Å². The number of anilines is 3. The van der Waals surface area contributed by atoms with Gasteiger partial charge >= 0.3 is 0 Å². The maximum Gasteiger partial charge on any atom is 0.248 e. The maximum absolute atomic E-state index is 12.5. The van der Waals surface area contributed by atoms with Crippen LogP contribution in [0.25, 0.3) is 21.9 Å². The minimum atomic E-state index is -0.414. The van der Waals surface area contributed by atoms with Crippen LogP contribution in [0.5, 0.6) is 0 Å². The molecule has 1 aliphatic heterocycles. The highest BCUT2D eigenvalue weighted by Crippen LogP contribution is 2.27. The molecule has 5 aromatic rings. The van der Waals surface area contributed by atoms with Crippen molar-refractivity contribution in [2.24, 2.45) is 0 Å². The van der Waals surface area contributed by atoms with Gasteiger partial charge in [-0.3, -0.25) is 14.5 Å². The van der Waals surface area contributed by atoms with Crippen molar-refractivity contribution in [2.45, 2.75) is 13.0 Å². The zero-order chi connectivity index (χ0) is 30.1. The topological polar surface area (TPSA) is 139 Å². The van der Waals surface area contributed by atoms with Gasteiger partial charge in [-0.2, -0.15) is 15.0 Å². The molecule has 0 bridgehead atoms. The summed E-state index contributed by atoms with van der Waals surface area (Å²) in [4.78, 5) is 37.5. The molecule has 1 fully saturated rings. The van der Waals surface area contributed by atoms with Crippen LogP contribution in [0.2, 0.25) is 0 Å². The largest absolute Gasteiger partial charge is 0.379 e. The van der Waals surface area contributed by atoms with E-state index in [2.05, 4.69) is 41.0 Å². The summed E-state index contributed by atoms with van der Waals surface area (Å²) in [6, 6.07) is 21.2. The van der Waals surface area contributed by atoms with Crippen molar-refractivity contribution >= 4 is 50.9 Å². The van der Waals surface area contributed by atoms with E-state index in [0.29, 0.717) is 30.1 Å². The van der Waals surface area contributed by atoms with Crippen LogP contribution < -0.4 is 16.0 Å². The molecule has 12 nitrogen and oxygen atoms in total. The van der Waals surface area contributed by atoms with Gasteiger partial charge in [-0.05, 0) is 54.9 Å². The molecule has 0 saturated carbocycles. The molecule has 2 aromatic heterocycles. The Morgan fingerprint density at radius 2 is 1.61 bits per heavy atom. The van der Waals surface area contributed by atoms with Crippen LogP contribution in [-0.2, 0) is 20.9 Å². The first kappa shape index (κ1) is 28.9. The molecule has 1 saturated heterocycles. The Balaban J connectivity index is 1.06. The Bertz CT molecular complexity index is 1780. The molecule has 6 rings (SSSR count). The van der Waals surface area contributed by atoms with E-state index in [0.717, 1.165) is 66.9 Å². The van der Waals surface area contributed by atoms with Gasteiger partial charge in [-0.1, -0.05) is 30.3 Å². The lowest BCUT2D eigenvalue weighted by Crippen LogP contribution is -2.38. The normalized spacial score (nSPS) is 13.8. The second kappa shape index (κ2) is 13.8. The third-order valence-corrected chi connectivity index (χ3v) is 7.19. The van der Waals surface area contributed by atoms with Gasteiger partial charge in [0.05, 0.1) is 25.3 Å². The number of carbonyl (C=O) groups excluding carboxylic acids is 2. The summed E-state index contributed by atoms with van der Waals surface area (Å²) in [7, 11) is 0. The minimum absolute atomic E-state index is 0.308. The SMILES string of the molecule is O=C(C=CC(=O)Nc1ccc2ncnc(Nc3ccc4nn(Cc5ccccc5)nc4c3)c2c1)NCCCN1CCOCC1. The van der Waals surface area contributed by atoms with Crippen LogP contribution in [-0.4, -0.2) is 81.1 Å². The van der Waals surface area contributed by atoms with Crippen LogP contribution in [0.4, 0.5) is 17.2 Å². The fourth-order valence-electron chi connectivity index (χ4n) is 4.96. The number of nitrogens with one attached hydrogen (secondary N) is 3. The molecule has 2 amide bonds. The molecule has 0 spiro atoms. The summed E-state index contributed by atoms with van der Waals surface area (Å²) in [5, 5.41) is 18.9. The number of ether oxygens (including phenoxy) is 1. The zero-order valence-electron chi connectivity index (χ0n) is 24.1. The Kier molecular flexibility index (Phi) is 9.09. The molecule has 0 atom stereocenters. The van der Waals surface area contributed by atoms with Gasteiger partial charge in [0.2, 0.25) is 11.8 Å². The van der Waals surface area contributed by atoms with Crippen molar-refractivity contribution in [1.29, 1.82) is 0 Å². The van der Waals surface area contributed by atoms with Gasteiger partial charge in [-0.15, -0.1) is 0 Å². The first-order valence-corrected chi connectivity index (χ1v) is 14.6. The van der Waals surface area contributed by atoms with Gasteiger partial charge in [-0.25, -0.2) is 9.97 Å². The van der Waals surface area contributed by atoms with Crippen LogP contribution in [0.15, 0.2) is 85.2 Å². The summed E-state index contributed by atoms with van der Waals surface area (Å²) in [5.41, 5.74) is 4.72. The molecule has 12 heteroatoms. The van der Waals surface area contributed by atoms with Crippen LogP contribution in [0.1, 0.15) is 12.0 Å². The predicted octanol–water partition coefficient (Wildman–Crippen LogP) is 3.50. The molecular formula is C32H33N9O3. The highest BCUT2D eigenvalue weighted by molar-refractivity contribution is 6.05. The molecule has 0 unspecified atom stereocenters. The lowest BCUT2D eigenvalue weighted by Gasteiger charge is -2.26. The van der Waals surface area contributed by atoms with E-state index >= 15 is 0 Å². The second-order valence-corrected chi connectivity index (χ2v) is 10.4. The number of nitrogens with zero attached hydrogens (tertiary/aromatic N) is 6. The number of aromatic nitrogens is 5. The number of amides is 2. The van der Waals surface area contributed by atoms with E-state index in [1.807, 2.05) is 48.5 Å². The van der Waals surface area contributed by atoms with E-state index < -0.39 is 5.91 Å². The van der Waals surface area contributed by atoms with Crippen LogP contribution in [0, 0.1) is 0 Å². The Morgan fingerprint density at radius 3 is 2.48 bits per heavy atom. The first-order chi connectivity index (χ1) is 21.6. The van der Waals surface area contributed by atoms with Crippen molar-refractivity contribution in [3.05, 3.63) is 90.8 Å². The molecule has 0 radical (unpaired) electrons. The van der Waals surface area contributed by atoms with E-state index in [4.69, 9.17) is 4.74 Å². The van der Waals surface area contributed by atoms with E-state index in [9.17, 15) is 9.59 Å². The second-order valence-electron chi connectivity index (χ2n) is 10.4. The third-order valence-electron chi connectivity index (χ3n) is 7.19. The van der Waals surface area contributed by atoms with Crippen molar-refractivity contribution in [2.75, 3.05) is 50.0 Å². The fourth-order valence-corrected chi connectivity index (χ4v) is 4.96. The fraction of sp³-hybridized carbons (Fsp3) is 0.250. The Morgan fingerprint density at radius 1 is 0.841 bits per heavy atom. The first-order valence-electron chi connectivity index (χ1n) is 14.6. The number of rotatable bonds is 11. The molecule has 3 heterocycles. The highest BCUT2D eigenvalue weighted by Gasteiger charge is 2.11. The summed E-state index contributed by atoms with van der Waals surface area (Å²) in [6.07, 6.45) is 4.79. The van der Waals surface area contributed by atoms with Gasteiger partial charge in [0.1, 0.15) is 23.2 Å². The number of benzene rings is 3. The quantitative estimate of drug-likeness (QED) is 0.156. The van der Waals surface area contributed by atoms with E-state index in [1.54, 1.807) is 23.0 Å². The molecule has 0 aliphatic carbocycles. The summed E-state index contributed by atoms with van der Waals surface area (Å²) < 4.78 is 5.35. The summed E-state index contributed by atoms with van der Waals surface area (Å²) >= 11 is 0. The molecular weight excluding hydrogens is 558 g/mol. The molecule has 44 heavy (non-hydrogen) atoms. The van der Waals surface area contributed by atoms with Crippen molar-refractivity contribution in [3.8, 4) is 0 Å². The lowest BCUT2D eigenvalue weighted by molar-refractivity contribution is -0.117. The monoisotopic (exact) mass is 591 g/mol. The molecule has 224 valence electrons. The number of fused-ring (bicyclic) bond motifs is 2. The number of morpholine rings is 1. The highest BCUT2D eigenvalue weighted by atomic mass is 16.5. The Hall–Kier alpha value is -5.20. The van der Waals surface area contributed by atoms with Gasteiger partial charge < -0.3 is 20.7 Å². The number of hydrogen-bond donors (Lipinski definition) is 3. The number of carbonyl (C=O) groups is 2. The average Bonchev–Trinajstić information content (AvgIpc) is 3.45. The molecule has 1 aliphatic rings. The van der Waals surface area contributed by atoms with Crippen molar-refractivity contribution in [3.63, 3.8) is 0 Å². The lowest BCUT2D eigenvalue weighted by atomic mass is 10.2. The third kappa shape index (κ3) is 7.60. The summed E-state index contributed by atoms with van der Waals surface area (Å²) in [5.74, 6) is -0.144. The van der Waals surface area contributed by atoms with Crippen molar-refractivity contribution in [1.82, 2.24) is 35.2 Å². The van der Waals surface area contributed by atoms with E-state index in [1.165, 1.54) is 18.5 Å². The van der Waals surface area contributed by atoms with Gasteiger partial charge in [0.15, 0.2) is 0 Å². The standard InChI is InChI=1S/C32H33N9O3/c42-30(33-13-4-14-40-15-17-44-18-16-40)11-12-31(43)36-24-7-9-27-26(19-24)32(35-22-34-27)37-25-8-10-28-29(20-25)39-41(38-28)21-23-5-2-1-3-6-23/h1-3,5-12,19-20,22H,4,13-18,21H2,(H,33,42)(H,36,43)(H,34,35,37). The van der Waals surface area contributed by atoms with Crippen LogP contribution >= 0.6 is 0 Å². The smallest absolute Gasteiger partial charge is 0.248 e.